The summed E-state index contributed by atoms with van der Waals surface area (Å²) in [4.78, 5) is 35.7. The van der Waals surface area contributed by atoms with Crippen molar-refractivity contribution in [3.8, 4) is 0 Å². The Morgan fingerprint density at radius 2 is 1.91 bits per heavy atom. The second-order valence-electron chi connectivity index (χ2n) is 8.45. The largest absolute Gasteiger partial charge is 0.337 e. The van der Waals surface area contributed by atoms with Crippen molar-refractivity contribution in [3.63, 3.8) is 0 Å². The van der Waals surface area contributed by atoms with Gasteiger partial charge in [-0.3, -0.25) is 14.2 Å². The first-order valence-corrected chi connectivity index (χ1v) is 11.7. The fourth-order valence-electron chi connectivity index (χ4n) is 4.39. The average molecular weight is 471 g/mol. The Morgan fingerprint density at radius 3 is 2.69 bits per heavy atom. The lowest BCUT2D eigenvalue weighted by Crippen LogP contribution is -2.26. The predicted molar refractivity (Wildman–Crippen MR) is 133 cm³/mol. The van der Waals surface area contributed by atoms with Gasteiger partial charge >= 0.3 is 0 Å². The van der Waals surface area contributed by atoms with E-state index in [1.807, 2.05) is 56.3 Å². The Bertz CT molecular complexity index is 1610. The van der Waals surface area contributed by atoms with Crippen LogP contribution in [0.4, 0.5) is 5.69 Å². The topological polar surface area (TPSA) is 108 Å². The van der Waals surface area contributed by atoms with Crippen LogP contribution in [0.5, 0.6) is 0 Å². The summed E-state index contributed by atoms with van der Waals surface area (Å²) in [5.74, 6) is 0.698. The van der Waals surface area contributed by atoms with E-state index in [0.29, 0.717) is 29.2 Å². The number of nitrogens with one attached hydrogen (secondary N) is 1. The van der Waals surface area contributed by atoms with Gasteiger partial charge in [0, 0.05) is 17.5 Å². The van der Waals surface area contributed by atoms with Gasteiger partial charge in [0.2, 0.25) is 11.8 Å². The smallest absolute Gasteiger partial charge is 0.278 e. The molecule has 35 heavy (non-hydrogen) atoms. The molecule has 0 aliphatic heterocycles. The summed E-state index contributed by atoms with van der Waals surface area (Å²) in [6.45, 7) is 6.03. The van der Waals surface area contributed by atoms with E-state index in [-0.39, 0.29) is 24.6 Å². The van der Waals surface area contributed by atoms with Gasteiger partial charge in [0.15, 0.2) is 5.82 Å². The maximum atomic E-state index is 13.6. The number of carbonyl (C=O) groups is 1. The van der Waals surface area contributed by atoms with Gasteiger partial charge < -0.3 is 14.4 Å². The molecular weight excluding hydrogens is 444 g/mol. The number of anilines is 1. The van der Waals surface area contributed by atoms with Gasteiger partial charge in [0.05, 0.1) is 11.8 Å². The minimum absolute atomic E-state index is 0.0248. The molecule has 3 heterocycles. The molecule has 0 fully saturated rings. The lowest BCUT2D eigenvalue weighted by molar-refractivity contribution is -0.116. The van der Waals surface area contributed by atoms with Crippen LogP contribution in [-0.2, 0) is 30.7 Å². The standard InChI is InChI=1S/C26H26N6O3/c1-4-17-10-8-9-16(3)23(17)29-21(33)13-32-19-12-7-6-11-18(19)24-25(32)26(34)31(15-27-24)14-22-28-20(5-2)30-35-22/h6-12,15H,4-5,13-14H2,1-3H3,(H,29,33). The molecule has 0 atom stereocenters. The molecule has 0 radical (unpaired) electrons. The van der Waals surface area contributed by atoms with E-state index in [0.717, 1.165) is 34.1 Å². The Balaban J connectivity index is 1.57. The molecule has 0 spiro atoms. The summed E-state index contributed by atoms with van der Waals surface area (Å²) < 4.78 is 8.43. The number of para-hydroxylation sites is 2. The van der Waals surface area contributed by atoms with Crippen molar-refractivity contribution in [1.82, 2.24) is 24.3 Å². The van der Waals surface area contributed by atoms with Crippen LogP contribution in [0.2, 0.25) is 0 Å². The van der Waals surface area contributed by atoms with E-state index < -0.39 is 0 Å². The first kappa shape index (κ1) is 22.5. The van der Waals surface area contributed by atoms with Crippen LogP contribution >= 0.6 is 0 Å². The molecule has 0 aliphatic carbocycles. The molecule has 0 saturated carbocycles. The van der Waals surface area contributed by atoms with E-state index in [1.54, 1.807) is 4.57 Å². The third kappa shape index (κ3) is 4.09. The van der Waals surface area contributed by atoms with Crippen LogP contribution in [-0.4, -0.2) is 30.2 Å². The van der Waals surface area contributed by atoms with Crippen molar-refractivity contribution < 1.29 is 9.32 Å². The minimum Gasteiger partial charge on any atom is -0.337 e. The Kier molecular flexibility index (Phi) is 5.90. The molecule has 0 aliphatic rings. The molecule has 2 aromatic carbocycles. The second-order valence-corrected chi connectivity index (χ2v) is 8.45. The number of benzene rings is 2. The molecule has 9 heteroatoms. The zero-order valence-corrected chi connectivity index (χ0v) is 19.9. The third-order valence-electron chi connectivity index (χ3n) is 6.17. The van der Waals surface area contributed by atoms with Gasteiger partial charge in [-0.2, -0.15) is 4.98 Å². The van der Waals surface area contributed by atoms with Crippen LogP contribution in [0.1, 0.15) is 36.7 Å². The second kappa shape index (κ2) is 9.17. The zero-order chi connectivity index (χ0) is 24.5. The van der Waals surface area contributed by atoms with E-state index in [2.05, 4.69) is 27.4 Å². The van der Waals surface area contributed by atoms with Crippen molar-refractivity contribution in [3.05, 3.63) is 82.0 Å². The lowest BCUT2D eigenvalue weighted by Gasteiger charge is -2.14. The molecule has 178 valence electrons. The summed E-state index contributed by atoms with van der Waals surface area (Å²) >= 11 is 0. The van der Waals surface area contributed by atoms with Gasteiger partial charge in [0.25, 0.3) is 5.56 Å². The molecule has 3 aromatic heterocycles. The number of fused-ring (bicyclic) bond motifs is 3. The fraction of sp³-hybridized carbons (Fsp3) is 0.269. The van der Waals surface area contributed by atoms with Crippen LogP contribution in [0.25, 0.3) is 21.9 Å². The summed E-state index contributed by atoms with van der Waals surface area (Å²) in [6, 6.07) is 13.5. The Labute approximate surface area is 201 Å². The maximum Gasteiger partial charge on any atom is 0.278 e. The molecule has 5 rings (SSSR count). The first-order chi connectivity index (χ1) is 17.0. The zero-order valence-electron chi connectivity index (χ0n) is 19.9. The monoisotopic (exact) mass is 470 g/mol. The van der Waals surface area contributed by atoms with Gasteiger partial charge in [-0.25, -0.2) is 4.98 Å². The molecule has 0 unspecified atom stereocenters. The van der Waals surface area contributed by atoms with Crippen molar-refractivity contribution >= 4 is 33.5 Å². The number of hydrogen-bond acceptors (Lipinski definition) is 6. The highest BCUT2D eigenvalue weighted by atomic mass is 16.5. The molecule has 1 N–H and O–H groups in total. The van der Waals surface area contributed by atoms with Gasteiger partial charge in [0.1, 0.15) is 24.1 Å². The minimum atomic E-state index is -0.277. The summed E-state index contributed by atoms with van der Waals surface area (Å²) in [5.41, 5.74) is 4.29. The number of hydrogen-bond donors (Lipinski definition) is 1. The quantitative estimate of drug-likeness (QED) is 0.387. The van der Waals surface area contributed by atoms with Crippen LogP contribution in [0.15, 0.2) is 58.1 Å². The van der Waals surface area contributed by atoms with Crippen molar-refractivity contribution in [2.24, 2.45) is 0 Å². The van der Waals surface area contributed by atoms with E-state index in [9.17, 15) is 9.59 Å². The Morgan fingerprint density at radius 1 is 1.09 bits per heavy atom. The number of nitrogens with zero attached hydrogens (tertiary/aromatic N) is 5. The van der Waals surface area contributed by atoms with E-state index in [4.69, 9.17) is 4.52 Å². The van der Waals surface area contributed by atoms with Crippen molar-refractivity contribution in [1.29, 1.82) is 0 Å². The highest BCUT2D eigenvalue weighted by Crippen LogP contribution is 2.26. The third-order valence-corrected chi connectivity index (χ3v) is 6.17. The Hall–Kier alpha value is -4.27. The maximum absolute atomic E-state index is 13.6. The van der Waals surface area contributed by atoms with E-state index in [1.165, 1.54) is 10.9 Å². The molecule has 9 nitrogen and oxygen atoms in total. The van der Waals surface area contributed by atoms with Crippen LogP contribution < -0.4 is 10.9 Å². The number of amides is 1. The highest BCUT2D eigenvalue weighted by Gasteiger charge is 2.20. The van der Waals surface area contributed by atoms with Gasteiger partial charge in [-0.1, -0.05) is 55.4 Å². The number of aryl methyl sites for hydroxylation is 3. The highest BCUT2D eigenvalue weighted by molar-refractivity contribution is 6.06. The number of aromatic nitrogens is 5. The molecule has 0 saturated heterocycles. The fourth-order valence-corrected chi connectivity index (χ4v) is 4.39. The molecule has 1 amide bonds. The molecular formula is C26H26N6O3. The average Bonchev–Trinajstić information content (AvgIpc) is 3.45. The predicted octanol–water partition coefficient (Wildman–Crippen LogP) is 3.85. The summed E-state index contributed by atoms with van der Waals surface area (Å²) in [5, 5.41) is 7.77. The lowest BCUT2D eigenvalue weighted by atomic mass is 10.1. The summed E-state index contributed by atoms with van der Waals surface area (Å²) in [7, 11) is 0. The molecule has 5 aromatic rings. The van der Waals surface area contributed by atoms with Crippen LogP contribution in [0.3, 0.4) is 0 Å². The van der Waals surface area contributed by atoms with E-state index >= 15 is 0 Å². The van der Waals surface area contributed by atoms with Crippen molar-refractivity contribution in [2.75, 3.05) is 5.32 Å². The normalized spacial score (nSPS) is 11.4. The SMILES string of the molecule is CCc1noc(Cn2cnc3c4ccccc4n(CC(=O)Nc4c(C)cccc4CC)c3c2=O)n1. The van der Waals surface area contributed by atoms with Crippen molar-refractivity contribution in [2.45, 2.75) is 46.7 Å². The first-order valence-electron chi connectivity index (χ1n) is 11.7. The van der Waals surface area contributed by atoms with Crippen LogP contribution in [0, 0.1) is 6.92 Å². The van der Waals surface area contributed by atoms with Gasteiger partial charge in [-0.15, -0.1) is 0 Å². The van der Waals surface area contributed by atoms with Gasteiger partial charge in [-0.05, 0) is 30.5 Å². The number of carbonyl (C=O) groups excluding carboxylic acids is 1. The summed E-state index contributed by atoms with van der Waals surface area (Å²) in [6.07, 6.45) is 2.93. The number of rotatable bonds is 7. The molecule has 0 bridgehead atoms.